The van der Waals surface area contributed by atoms with Crippen molar-refractivity contribution in [1.82, 2.24) is 4.57 Å². The van der Waals surface area contributed by atoms with Crippen molar-refractivity contribution in [2.24, 2.45) is 7.05 Å². The third-order valence-corrected chi connectivity index (χ3v) is 5.60. The number of aryl methyl sites for hydroxylation is 3. The highest BCUT2D eigenvalue weighted by atomic mass is 32.1. The standard InChI is InChI=1S/C24H21N3O2S/c1-16-9-4-6-12-20(16)26-22(28)19(15-18-11-8-14-25(18)3)23(29)27(24(26)30)21-13-7-5-10-17(21)2/h4-15H,1-3H3. The first-order valence-electron chi connectivity index (χ1n) is 9.57. The Kier molecular flexibility index (Phi) is 5.10. The van der Waals surface area contributed by atoms with Gasteiger partial charge in [0.25, 0.3) is 11.8 Å². The molecule has 4 rings (SSSR count). The molecule has 2 amide bonds. The number of anilines is 2. The van der Waals surface area contributed by atoms with Gasteiger partial charge in [0, 0.05) is 18.9 Å². The summed E-state index contributed by atoms with van der Waals surface area (Å²) in [6.07, 6.45) is 3.50. The van der Waals surface area contributed by atoms with E-state index in [9.17, 15) is 9.59 Å². The predicted molar refractivity (Wildman–Crippen MR) is 123 cm³/mol. The fourth-order valence-corrected chi connectivity index (χ4v) is 3.92. The van der Waals surface area contributed by atoms with Gasteiger partial charge in [0.2, 0.25) is 0 Å². The maximum Gasteiger partial charge on any atom is 0.270 e. The molecule has 0 N–H and O–H groups in total. The van der Waals surface area contributed by atoms with Gasteiger partial charge >= 0.3 is 0 Å². The zero-order chi connectivity index (χ0) is 21.4. The van der Waals surface area contributed by atoms with Crippen LogP contribution in [0.2, 0.25) is 0 Å². The van der Waals surface area contributed by atoms with Crippen LogP contribution in [-0.2, 0) is 16.6 Å². The summed E-state index contributed by atoms with van der Waals surface area (Å²) in [4.78, 5) is 29.9. The Morgan fingerprint density at radius 1 is 0.767 bits per heavy atom. The zero-order valence-electron chi connectivity index (χ0n) is 17.0. The summed E-state index contributed by atoms with van der Waals surface area (Å²) < 4.78 is 1.86. The molecule has 1 aliphatic heterocycles. The number of para-hydroxylation sites is 2. The van der Waals surface area contributed by atoms with Crippen LogP contribution in [0.5, 0.6) is 0 Å². The van der Waals surface area contributed by atoms with Crippen LogP contribution in [0.1, 0.15) is 16.8 Å². The second kappa shape index (κ2) is 7.72. The molecule has 3 aromatic rings. The van der Waals surface area contributed by atoms with Crippen molar-refractivity contribution in [2.45, 2.75) is 13.8 Å². The van der Waals surface area contributed by atoms with E-state index < -0.39 is 11.8 Å². The zero-order valence-corrected chi connectivity index (χ0v) is 17.8. The van der Waals surface area contributed by atoms with E-state index in [-0.39, 0.29) is 10.7 Å². The molecule has 1 aromatic heterocycles. The van der Waals surface area contributed by atoms with E-state index in [1.807, 2.05) is 92.3 Å². The Morgan fingerprint density at radius 2 is 1.27 bits per heavy atom. The van der Waals surface area contributed by atoms with Crippen molar-refractivity contribution in [1.29, 1.82) is 0 Å². The number of hydrogen-bond donors (Lipinski definition) is 0. The second-order valence-corrected chi connectivity index (χ2v) is 7.60. The Balaban J connectivity index is 1.93. The number of aromatic nitrogens is 1. The van der Waals surface area contributed by atoms with Crippen LogP contribution in [0, 0.1) is 13.8 Å². The first kappa shape index (κ1) is 19.8. The van der Waals surface area contributed by atoms with Gasteiger partial charge in [-0.2, -0.15) is 0 Å². The number of amides is 2. The van der Waals surface area contributed by atoms with Gasteiger partial charge in [-0.05, 0) is 67.5 Å². The summed E-state index contributed by atoms with van der Waals surface area (Å²) in [5.74, 6) is -0.851. The number of hydrogen-bond acceptors (Lipinski definition) is 3. The number of carbonyl (C=O) groups excluding carboxylic acids is 2. The third-order valence-electron chi connectivity index (χ3n) is 5.24. The smallest absolute Gasteiger partial charge is 0.270 e. The molecular weight excluding hydrogens is 394 g/mol. The number of benzene rings is 2. The first-order chi connectivity index (χ1) is 14.4. The lowest BCUT2D eigenvalue weighted by Crippen LogP contribution is -2.57. The van der Waals surface area contributed by atoms with Crippen LogP contribution in [0.3, 0.4) is 0 Å². The van der Waals surface area contributed by atoms with Gasteiger partial charge in [-0.1, -0.05) is 36.4 Å². The molecule has 0 radical (unpaired) electrons. The van der Waals surface area contributed by atoms with Gasteiger partial charge < -0.3 is 4.57 Å². The van der Waals surface area contributed by atoms with Gasteiger partial charge in [-0.3, -0.25) is 19.4 Å². The summed E-state index contributed by atoms with van der Waals surface area (Å²) in [6.45, 7) is 3.83. The van der Waals surface area contributed by atoms with Crippen LogP contribution in [0.15, 0.2) is 72.4 Å². The summed E-state index contributed by atoms with van der Waals surface area (Å²) in [5, 5.41) is 0.151. The molecule has 1 aliphatic rings. The summed E-state index contributed by atoms with van der Waals surface area (Å²) in [6, 6.07) is 18.8. The third kappa shape index (κ3) is 3.25. The average Bonchev–Trinajstić information content (AvgIpc) is 3.13. The van der Waals surface area contributed by atoms with Crippen LogP contribution in [0.25, 0.3) is 6.08 Å². The van der Waals surface area contributed by atoms with E-state index in [4.69, 9.17) is 12.2 Å². The van der Waals surface area contributed by atoms with Crippen LogP contribution >= 0.6 is 12.2 Å². The monoisotopic (exact) mass is 415 g/mol. The molecule has 1 fully saturated rings. The molecule has 150 valence electrons. The van der Waals surface area contributed by atoms with E-state index >= 15 is 0 Å². The van der Waals surface area contributed by atoms with Crippen molar-refractivity contribution in [3.63, 3.8) is 0 Å². The van der Waals surface area contributed by atoms with Gasteiger partial charge in [-0.25, -0.2) is 0 Å². The normalized spacial score (nSPS) is 14.5. The quantitative estimate of drug-likeness (QED) is 0.362. The largest absolute Gasteiger partial charge is 0.351 e. The van der Waals surface area contributed by atoms with E-state index in [2.05, 4.69) is 0 Å². The molecule has 5 nitrogen and oxygen atoms in total. The van der Waals surface area contributed by atoms with Crippen molar-refractivity contribution in [2.75, 3.05) is 9.80 Å². The summed E-state index contributed by atoms with van der Waals surface area (Å²) in [7, 11) is 1.87. The highest BCUT2D eigenvalue weighted by Crippen LogP contribution is 2.32. The molecule has 30 heavy (non-hydrogen) atoms. The molecule has 1 saturated heterocycles. The van der Waals surface area contributed by atoms with Crippen molar-refractivity contribution in [3.8, 4) is 0 Å². The average molecular weight is 416 g/mol. The lowest BCUT2D eigenvalue weighted by atomic mass is 10.0. The molecule has 0 atom stereocenters. The Bertz CT molecular complexity index is 1140. The lowest BCUT2D eigenvalue weighted by Gasteiger charge is -2.37. The molecule has 0 aliphatic carbocycles. The molecule has 0 spiro atoms. The molecule has 2 aromatic carbocycles. The number of carbonyl (C=O) groups is 2. The maximum absolute atomic E-state index is 13.5. The van der Waals surface area contributed by atoms with Gasteiger partial charge in [0.1, 0.15) is 5.57 Å². The minimum absolute atomic E-state index is 0.0666. The Morgan fingerprint density at radius 3 is 1.70 bits per heavy atom. The molecule has 6 heteroatoms. The SMILES string of the molecule is Cc1ccccc1N1C(=O)C(=Cc2cccn2C)C(=O)N(c2ccccc2C)C1=S. The fraction of sp³-hybridized carbons (Fsp3) is 0.125. The first-order valence-corrected chi connectivity index (χ1v) is 9.98. The molecule has 0 unspecified atom stereocenters. The van der Waals surface area contributed by atoms with Crippen LogP contribution in [0.4, 0.5) is 11.4 Å². The van der Waals surface area contributed by atoms with Crippen LogP contribution < -0.4 is 9.80 Å². The second-order valence-electron chi connectivity index (χ2n) is 7.24. The van der Waals surface area contributed by atoms with Gasteiger partial charge in [-0.15, -0.1) is 0 Å². The highest BCUT2D eigenvalue weighted by Gasteiger charge is 2.42. The lowest BCUT2D eigenvalue weighted by molar-refractivity contribution is -0.120. The van der Waals surface area contributed by atoms with Crippen LogP contribution in [-0.4, -0.2) is 21.5 Å². The molecule has 0 bridgehead atoms. The maximum atomic E-state index is 13.5. The van der Waals surface area contributed by atoms with E-state index in [0.717, 1.165) is 16.8 Å². The van der Waals surface area contributed by atoms with Gasteiger partial charge in [0.15, 0.2) is 5.11 Å². The number of thiocarbonyl (C=S) groups is 1. The molecular formula is C24H21N3O2S. The van der Waals surface area contributed by atoms with E-state index in [1.54, 1.807) is 6.08 Å². The fourth-order valence-electron chi connectivity index (χ4n) is 3.56. The Labute approximate surface area is 180 Å². The predicted octanol–water partition coefficient (Wildman–Crippen LogP) is 4.39. The van der Waals surface area contributed by atoms with E-state index in [0.29, 0.717) is 11.4 Å². The Hall–Kier alpha value is -3.51. The van der Waals surface area contributed by atoms with Crippen molar-refractivity contribution < 1.29 is 9.59 Å². The number of rotatable bonds is 3. The topological polar surface area (TPSA) is 45.6 Å². The highest BCUT2D eigenvalue weighted by molar-refractivity contribution is 7.81. The van der Waals surface area contributed by atoms with Crippen molar-refractivity contribution >= 4 is 46.6 Å². The molecule has 0 saturated carbocycles. The summed E-state index contributed by atoms with van der Waals surface area (Å²) in [5.41, 5.74) is 3.94. The summed E-state index contributed by atoms with van der Waals surface area (Å²) >= 11 is 5.69. The minimum Gasteiger partial charge on any atom is -0.351 e. The van der Waals surface area contributed by atoms with E-state index in [1.165, 1.54) is 9.80 Å². The minimum atomic E-state index is -0.426. The van der Waals surface area contributed by atoms with Gasteiger partial charge in [0.05, 0.1) is 11.4 Å². The van der Waals surface area contributed by atoms with Crippen molar-refractivity contribution in [3.05, 3.63) is 89.3 Å². The molecule has 2 heterocycles. The number of nitrogens with zero attached hydrogens (tertiary/aromatic N) is 3.